The molecule has 0 aromatic heterocycles. The molecule has 2 N–H and O–H groups in total. The molecule has 94 valence electrons. The third-order valence-electron chi connectivity index (χ3n) is 2.79. The standard InChI is InChI=1S/C11H14F2NO2P/c12-6-1-2-9(13)8(3-6)11(15)10(14-17)4-7-5-16-7/h1-3,7,10-11,14-15H,4-5,17H2/t7?,10-,11+/m0/s1. The van der Waals surface area contributed by atoms with Crippen molar-refractivity contribution in [2.45, 2.75) is 24.7 Å². The van der Waals surface area contributed by atoms with Crippen molar-refractivity contribution in [2.75, 3.05) is 6.61 Å². The molecule has 3 nitrogen and oxygen atoms in total. The van der Waals surface area contributed by atoms with Crippen molar-refractivity contribution in [3.8, 4) is 0 Å². The van der Waals surface area contributed by atoms with Gasteiger partial charge < -0.3 is 9.84 Å². The predicted molar refractivity (Wildman–Crippen MR) is 62.3 cm³/mol. The van der Waals surface area contributed by atoms with Gasteiger partial charge in [-0.1, -0.05) is 9.39 Å². The molecular weight excluding hydrogens is 247 g/mol. The van der Waals surface area contributed by atoms with Gasteiger partial charge in [-0.05, 0) is 24.6 Å². The summed E-state index contributed by atoms with van der Waals surface area (Å²) in [5, 5.41) is 12.8. The zero-order valence-corrected chi connectivity index (χ0v) is 10.2. The average molecular weight is 261 g/mol. The molecule has 0 amide bonds. The van der Waals surface area contributed by atoms with Gasteiger partial charge in [0, 0.05) is 11.6 Å². The number of hydrogen-bond acceptors (Lipinski definition) is 3. The molecule has 4 atom stereocenters. The molecule has 1 aromatic rings. The first kappa shape index (κ1) is 12.8. The van der Waals surface area contributed by atoms with Crippen LogP contribution in [0.25, 0.3) is 0 Å². The molecule has 0 radical (unpaired) electrons. The fourth-order valence-corrected chi connectivity index (χ4v) is 2.05. The maximum absolute atomic E-state index is 13.5. The van der Waals surface area contributed by atoms with E-state index in [9.17, 15) is 13.9 Å². The predicted octanol–water partition coefficient (Wildman–Crippen LogP) is 1.54. The second-order valence-electron chi connectivity index (χ2n) is 4.07. The summed E-state index contributed by atoms with van der Waals surface area (Å²) in [5.74, 6) is -1.17. The number of epoxide rings is 1. The molecule has 0 spiro atoms. The Balaban J connectivity index is 2.14. The molecular formula is C11H14F2NO2P. The van der Waals surface area contributed by atoms with E-state index in [2.05, 4.69) is 14.5 Å². The SMILES string of the molecule is O[C@H](c1cc(F)ccc1F)[C@H](CC1CO1)NP. The number of rotatable bonds is 5. The molecule has 1 aliphatic rings. The fraction of sp³-hybridized carbons (Fsp3) is 0.455. The summed E-state index contributed by atoms with van der Waals surface area (Å²) < 4.78 is 31.6. The maximum Gasteiger partial charge on any atom is 0.129 e. The maximum atomic E-state index is 13.5. The molecule has 1 heterocycles. The molecule has 1 saturated heterocycles. The molecule has 0 bridgehead atoms. The van der Waals surface area contributed by atoms with Crippen molar-refractivity contribution in [3.05, 3.63) is 35.4 Å². The number of hydrogen-bond donors (Lipinski definition) is 2. The molecule has 2 unspecified atom stereocenters. The first-order chi connectivity index (χ1) is 8.11. The summed E-state index contributed by atoms with van der Waals surface area (Å²) in [6.07, 6.45) is -0.451. The molecule has 1 fully saturated rings. The Labute approximate surface area is 100 Å². The van der Waals surface area contributed by atoms with Crippen LogP contribution in [0.5, 0.6) is 0 Å². The zero-order chi connectivity index (χ0) is 12.4. The van der Waals surface area contributed by atoms with Crippen molar-refractivity contribution in [2.24, 2.45) is 0 Å². The fourth-order valence-electron chi connectivity index (χ4n) is 1.73. The third-order valence-corrected chi connectivity index (χ3v) is 3.22. The minimum absolute atomic E-state index is 0.0365. The van der Waals surface area contributed by atoms with E-state index in [1.54, 1.807) is 0 Å². The highest BCUT2D eigenvalue weighted by Crippen LogP contribution is 2.27. The van der Waals surface area contributed by atoms with E-state index in [4.69, 9.17) is 4.74 Å². The minimum atomic E-state index is -1.10. The second-order valence-corrected chi connectivity index (χ2v) is 4.41. The quantitative estimate of drug-likeness (QED) is 0.624. The van der Waals surface area contributed by atoms with Crippen molar-refractivity contribution < 1.29 is 18.6 Å². The van der Waals surface area contributed by atoms with Gasteiger partial charge in [-0.3, -0.25) is 5.09 Å². The second kappa shape index (κ2) is 5.36. The molecule has 1 aliphatic heterocycles. The molecule has 1 aromatic carbocycles. The summed E-state index contributed by atoms with van der Waals surface area (Å²) in [6.45, 7) is 0.654. The van der Waals surface area contributed by atoms with E-state index in [1.807, 2.05) is 0 Å². The number of aliphatic hydroxyl groups is 1. The highest BCUT2D eigenvalue weighted by atomic mass is 31.0. The van der Waals surface area contributed by atoms with Gasteiger partial charge in [0.2, 0.25) is 0 Å². The Hall–Kier alpha value is -0.610. The van der Waals surface area contributed by atoms with E-state index in [0.717, 1.165) is 18.2 Å². The van der Waals surface area contributed by atoms with E-state index in [1.165, 1.54) is 0 Å². The first-order valence-corrected chi connectivity index (χ1v) is 5.90. The van der Waals surface area contributed by atoms with Crippen LogP contribution < -0.4 is 5.09 Å². The van der Waals surface area contributed by atoms with Crippen LogP contribution in [-0.2, 0) is 4.74 Å². The van der Waals surface area contributed by atoms with Gasteiger partial charge in [-0.15, -0.1) is 0 Å². The van der Waals surface area contributed by atoms with Crippen LogP contribution in [0.15, 0.2) is 18.2 Å². The van der Waals surface area contributed by atoms with Gasteiger partial charge in [0.25, 0.3) is 0 Å². The smallest absolute Gasteiger partial charge is 0.129 e. The molecule has 0 aliphatic carbocycles. The first-order valence-electron chi connectivity index (χ1n) is 5.32. The van der Waals surface area contributed by atoms with Crippen molar-refractivity contribution in [3.63, 3.8) is 0 Å². The van der Waals surface area contributed by atoms with Crippen molar-refractivity contribution in [1.29, 1.82) is 0 Å². The lowest BCUT2D eigenvalue weighted by atomic mass is 9.99. The van der Waals surface area contributed by atoms with Crippen LogP contribution in [0.3, 0.4) is 0 Å². The van der Waals surface area contributed by atoms with E-state index in [0.29, 0.717) is 13.0 Å². The topological polar surface area (TPSA) is 44.8 Å². The van der Waals surface area contributed by atoms with E-state index < -0.39 is 17.7 Å². The van der Waals surface area contributed by atoms with Gasteiger partial charge in [-0.2, -0.15) is 0 Å². The number of aliphatic hydroxyl groups excluding tert-OH is 1. The zero-order valence-electron chi connectivity index (χ0n) is 9.07. The van der Waals surface area contributed by atoms with Gasteiger partial charge >= 0.3 is 0 Å². The van der Waals surface area contributed by atoms with Crippen molar-refractivity contribution >= 4 is 9.39 Å². The summed E-state index contributed by atoms with van der Waals surface area (Å²) in [5.41, 5.74) is -0.0365. The van der Waals surface area contributed by atoms with Crippen LogP contribution in [0.4, 0.5) is 8.78 Å². The average Bonchev–Trinajstić information content (AvgIpc) is 3.12. The largest absolute Gasteiger partial charge is 0.387 e. The molecule has 6 heteroatoms. The van der Waals surface area contributed by atoms with Crippen LogP contribution in [0, 0.1) is 11.6 Å². The Bertz CT molecular complexity index is 401. The van der Waals surface area contributed by atoms with Crippen LogP contribution >= 0.6 is 9.39 Å². The van der Waals surface area contributed by atoms with Crippen LogP contribution in [0.2, 0.25) is 0 Å². The van der Waals surface area contributed by atoms with E-state index in [-0.39, 0.29) is 17.7 Å². The molecule has 2 rings (SSSR count). The summed E-state index contributed by atoms with van der Waals surface area (Å²) in [6, 6.07) is 2.67. The normalized spacial score (nSPS) is 22.2. The summed E-state index contributed by atoms with van der Waals surface area (Å²) in [4.78, 5) is 0. The van der Waals surface area contributed by atoms with Gasteiger partial charge in [0.05, 0.1) is 18.8 Å². The number of nitrogens with one attached hydrogen (secondary N) is 1. The number of benzene rings is 1. The Morgan fingerprint density at radius 3 is 2.82 bits per heavy atom. The van der Waals surface area contributed by atoms with Gasteiger partial charge in [0.15, 0.2) is 0 Å². The third kappa shape index (κ3) is 3.19. The lowest BCUT2D eigenvalue weighted by molar-refractivity contribution is 0.127. The summed E-state index contributed by atoms with van der Waals surface area (Å²) in [7, 11) is 2.28. The van der Waals surface area contributed by atoms with Crippen LogP contribution in [-0.4, -0.2) is 23.9 Å². The number of halogens is 2. The molecule has 17 heavy (non-hydrogen) atoms. The number of ether oxygens (including phenoxy) is 1. The Kier molecular flexibility index (Phi) is 4.05. The van der Waals surface area contributed by atoms with E-state index >= 15 is 0 Å². The summed E-state index contributed by atoms with van der Waals surface area (Å²) >= 11 is 0. The Morgan fingerprint density at radius 1 is 1.53 bits per heavy atom. The Morgan fingerprint density at radius 2 is 2.24 bits per heavy atom. The van der Waals surface area contributed by atoms with Crippen molar-refractivity contribution in [1.82, 2.24) is 5.09 Å². The lowest BCUT2D eigenvalue weighted by Crippen LogP contribution is -2.30. The van der Waals surface area contributed by atoms with Crippen LogP contribution in [0.1, 0.15) is 18.1 Å². The van der Waals surface area contributed by atoms with Gasteiger partial charge in [0.1, 0.15) is 11.6 Å². The highest BCUT2D eigenvalue weighted by Gasteiger charge is 2.31. The minimum Gasteiger partial charge on any atom is -0.387 e. The van der Waals surface area contributed by atoms with Gasteiger partial charge in [-0.25, -0.2) is 8.78 Å². The highest BCUT2D eigenvalue weighted by molar-refractivity contribution is 7.13. The lowest BCUT2D eigenvalue weighted by Gasteiger charge is -2.22. The monoisotopic (exact) mass is 261 g/mol. The molecule has 0 saturated carbocycles.